The van der Waals surface area contributed by atoms with E-state index in [1.54, 1.807) is 0 Å². The normalized spacial score (nSPS) is 18.5. The van der Waals surface area contributed by atoms with Gasteiger partial charge >= 0.3 is 0 Å². The molecule has 0 spiro atoms. The van der Waals surface area contributed by atoms with Crippen LogP contribution in [0.2, 0.25) is 0 Å². The highest BCUT2D eigenvalue weighted by Gasteiger charge is 2.41. The summed E-state index contributed by atoms with van der Waals surface area (Å²) in [6, 6.07) is 0. The largest absolute Gasteiger partial charge is 0.388 e. The minimum Gasteiger partial charge on any atom is -0.388 e. The fourth-order valence-electron chi connectivity index (χ4n) is 1.41. The number of hydrogen-bond acceptors (Lipinski definition) is 2. The lowest BCUT2D eigenvalue weighted by atomic mass is 9.70. The molecule has 1 atom stereocenters. The lowest BCUT2D eigenvalue weighted by Crippen LogP contribution is -2.53. The number of aliphatic hydroxyl groups is 1. The summed E-state index contributed by atoms with van der Waals surface area (Å²) in [4.78, 5) is 0. The zero-order valence-electron chi connectivity index (χ0n) is 8.31. The molecule has 0 fully saturated rings. The van der Waals surface area contributed by atoms with E-state index in [1.165, 1.54) is 0 Å². The Morgan fingerprint density at radius 2 is 1.64 bits per heavy atom. The minimum absolute atomic E-state index is 0.143. The number of hydrogen-bond donors (Lipinski definition) is 2. The van der Waals surface area contributed by atoms with Gasteiger partial charge in [0.2, 0.25) is 0 Å². The lowest BCUT2D eigenvalue weighted by Gasteiger charge is -2.42. The first-order valence-electron chi connectivity index (χ1n) is 4.18. The van der Waals surface area contributed by atoms with Gasteiger partial charge in [0.05, 0.1) is 5.60 Å². The predicted molar refractivity (Wildman–Crippen MR) is 48.3 cm³/mol. The molecule has 0 aliphatic heterocycles. The van der Waals surface area contributed by atoms with Gasteiger partial charge in [0, 0.05) is 6.54 Å². The fraction of sp³-hybridized carbons (Fsp3) is 1.00. The average molecular weight is 159 g/mol. The summed E-state index contributed by atoms with van der Waals surface area (Å²) in [6.45, 7) is 10.4. The Morgan fingerprint density at radius 1 is 1.27 bits per heavy atom. The van der Waals surface area contributed by atoms with Gasteiger partial charge in [0.1, 0.15) is 0 Å². The highest BCUT2D eigenvalue weighted by Crippen LogP contribution is 2.35. The van der Waals surface area contributed by atoms with Crippen molar-refractivity contribution in [2.75, 3.05) is 6.54 Å². The van der Waals surface area contributed by atoms with Crippen molar-refractivity contribution in [2.45, 2.75) is 40.2 Å². The summed E-state index contributed by atoms with van der Waals surface area (Å²) in [7, 11) is 0. The molecule has 2 nitrogen and oxygen atoms in total. The third-order valence-corrected chi connectivity index (χ3v) is 2.57. The van der Waals surface area contributed by atoms with Crippen LogP contribution in [0.25, 0.3) is 0 Å². The average Bonchev–Trinajstić information content (AvgIpc) is 1.83. The Labute approximate surface area is 69.8 Å². The van der Waals surface area contributed by atoms with Crippen molar-refractivity contribution < 1.29 is 5.11 Å². The van der Waals surface area contributed by atoms with Gasteiger partial charge in [-0.05, 0) is 11.3 Å². The Hall–Kier alpha value is -0.0800. The maximum atomic E-state index is 10.1. The molecule has 68 valence electrons. The van der Waals surface area contributed by atoms with Crippen molar-refractivity contribution in [3.63, 3.8) is 0 Å². The van der Waals surface area contributed by atoms with Crippen molar-refractivity contribution in [3.05, 3.63) is 0 Å². The predicted octanol–water partition coefficient (Wildman–Crippen LogP) is 1.38. The highest BCUT2D eigenvalue weighted by atomic mass is 16.3. The van der Waals surface area contributed by atoms with E-state index in [0.717, 1.165) is 0 Å². The maximum Gasteiger partial charge on any atom is 0.0839 e. The quantitative estimate of drug-likeness (QED) is 0.639. The SMILES string of the molecule is CC(C)C(O)(CN)C(C)(C)C. The Bertz CT molecular complexity index is 126. The van der Waals surface area contributed by atoms with Crippen LogP contribution in [-0.4, -0.2) is 17.3 Å². The van der Waals surface area contributed by atoms with Gasteiger partial charge in [-0.1, -0.05) is 34.6 Å². The molecule has 0 amide bonds. The van der Waals surface area contributed by atoms with Crippen LogP contribution in [0.1, 0.15) is 34.6 Å². The van der Waals surface area contributed by atoms with Crippen LogP contribution >= 0.6 is 0 Å². The first kappa shape index (κ1) is 10.9. The summed E-state index contributed by atoms with van der Waals surface area (Å²) in [5.41, 5.74) is 4.66. The molecule has 1 unspecified atom stereocenters. The van der Waals surface area contributed by atoms with Crippen LogP contribution < -0.4 is 5.73 Å². The zero-order valence-corrected chi connectivity index (χ0v) is 8.31. The molecule has 0 aliphatic carbocycles. The standard InChI is InChI=1S/C9H21NO/c1-7(2)9(11,6-10)8(3,4)5/h7,11H,6,10H2,1-5H3. The third kappa shape index (κ3) is 1.94. The molecule has 3 N–H and O–H groups in total. The van der Waals surface area contributed by atoms with E-state index in [0.29, 0.717) is 6.54 Å². The van der Waals surface area contributed by atoms with Crippen molar-refractivity contribution >= 4 is 0 Å². The van der Waals surface area contributed by atoms with Crippen LogP contribution in [0.4, 0.5) is 0 Å². The highest BCUT2D eigenvalue weighted by molar-refractivity contribution is 4.93. The van der Waals surface area contributed by atoms with Gasteiger partial charge in [-0.25, -0.2) is 0 Å². The fourth-order valence-corrected chi connectivity index (χ4v) is 1.41. The second-order valence-corrected chi connectivity index (χ2v) is 4.53. The van der Waals surface area contributed by atoms with E-state index in [2.05, 4.69) is 0 Å². The Balaban J connectivity index is 4.61. The van der Waals surface area contributed by atoms with Crippen LogP contribution in [0.5, 0.6) is 0 Å². The molecule has 2 heteroatoms. The van der Waals surface area contributed by atoms with Crippen LogP contribution in [0.3, 0.4) is 0 Å². The molecule has 0 bridgehead atoms. The Morgan fingerprint density at radius 3 is 1.64 bits per heavy atom. The molecule has 0 saturated heterocycles. The molecule has 0 heterocycles. The summed E-state index contributed by atoms with van der Waals surface area (Å²) >= 11 is 0. The van der Waals surface area contributed by atoms with E-state index < -0.39 is 5.60 Å². The van der Waals surface area contributed by atoms with Gasteiger partial charge in [0.25, 0.3) is 0 Å². The molecule has 0 radical (unpaired) electrons. The van der Waals surface area contributed by atoms with E-state index in [9.17, 15) is 5.11 Å². The van der Waals surface area contributed by atoms with Gasteiger partial charge in [0.15, 0.2) is 0 Å². The molecule has 0 aliphatic rings. The second kappa shape index (κ2) is 3.11. The van der Waals surface area contributed by atoms with Crippen LogP contribution in [0.15, 0.2) is 0 Å². The van der Waals surface area contributed by atoms with Gasteiger partial charge < -0.3 is 10.8 Å². The molecular weight excluding hydrogens is 138 g/mol. The van der Waals surface area contributed by atoms with Crippen LogP contribution in [0, 0.1) is 11.3 Å². The Kier molecular flexibility index (Phi) is 3.09. The van der Waals surface area contributed by atoms with Gasteiger partial charge in [-0.3, -0.25) is 0 Å². The topological polar surface area (TPSA) is 46.2 Å². The number of rotatable bonds is 2. The second-order valence-electron chi connectivity index (χ2n) is 4.53. The molecule has 0 aromatic carbocycles. The van der Waals surface area contributed by atoms with Gasteiger partial charge in [-0.2, -0.15) is 0 Å². The summed E-state index contributed by atoms with van der Waals surface area (Å²) in [5.74, 6) is 0.201. The summed E-state index contributed by atoms with van der Waals surface area (Å²) < 4.78 is 0. The molecule has 0 aromatic rings. The van der Waals surface area contributed by atoms with Crippen molar-refractivity contribution in [1.82, 2.24) is 0 Å². The van der Waals surface area contributed by atoms with E-state index in [4.69, 9.17) is 5.73 Å². The summed E-state index contributed by atoms with van der Waals surface area (Å²) in [6.07, 6.45) is 0. The van der Waals surface area contributed by atoms with Gasteiger partial charge in [-0.15, -0.1) is 0 Å². The molecule has 0 rings (SSSR count). The van der Waals surface area contributed by atoms with Crippen molar-refractivity contribution in [3.8, 4) is 0 Å². The van der Waals surface area contributed by atoms with E-state index in [1.807, 2.05) is 34.6 Å². The first-order chi connectivity index (χ1) is 4.75. The molecule has 11 heavy (non-hydrogen) atoms. The molecular formula is C9H21NO. The lowest BCUT2D eigenvalue weighted by molar-refractivity contribution is -0.0861. The molecule has 0 aromatic heterocycles. The zero-order chi connectivity index (χ0) is 9.28. The van der Waals surface area contributed by atoms with Crippen molar-refractivity contribution in [1.29, 1.82) is 0 Å². The molecule has 0 saturated carbocycles. The smallest absolute Gasteiger partial charge is 0.0839 e. The number of nitrogens with two attached hydrogens (primary N) is 1. The first-order valence-corrected chi connectivity index (χ1v) is 4.18. The van der Waals surface area contributed by atoms with Crippen molar-refractivity contribution in [2.24, 2.45) is 17.1 Å². The van der Waals surface area contributed by atoms with E-state index in [-0.39, 0.29) is 11.3 Å². The van der Waals surface area contributed by atoms with E-state index >= 15 is 0 Å². The third-order valence-electron chi connectivity index (χ3n) is 2.57. The summed E-state index contributed by atoms with van der Waals surface area (Å²) in [5, 5.41) is 10.1. The monoisotopic (exact) mass is 159 g/mol. The maximum absolute atomic E-state index is 10.1. The van der Waals surface area contributed by atoms with Crippen LogP contribution in [-0.2, 0) is 0 Å². The minimum atomic E-state index is -0.743.